The number of carbonyl (C=O) groups is 1. The zero-order valence-electron chi connectivity index (χ0n) is 21.6. The third-order valence-corrected chi connectivity index (χ3v) is 6.49. The van der Waals surface area contributed by atoms with E-state index in [9.17, 15) is 4.79 Å². The fraction of sp³-hybridized carbons (Fsp3) is 0.242. The van der Waals surface area contributed by atoms with Crippen molar-refractivity contribution < 1.29 is 28.5 Å². The first kappa shape index (κ1) is 26.8. The highest BCUT2D eigenvalue weighted by atomic mass is 16.7. The van der Waals surface area contributed by atoms with Gasteiger partial charge in [-0.2, -0.15) is 0 Å². The first-order valence-corrected chi connectivity index (χ1v) is 13.1. The quantitative estimate of drug-likeness (QED) is 0.226. The Labute approximate surface area is 229 Å². The van der Waals surface area contributed by atoms with Crippen LogP contribution in [0.15, 0.2) is 121 Å². The van der Waals surface area contributed by atoms with Crippen molar-refractivity contribution in [3.63, 3.8) is 0 Å². The van der Waals surface area contributed by atoms with Crippen LogP contribution in [0.1, 0.15) is 27.0 Å². The third kappa shape index (κ3) is 7.62. The Kier molecular flexibility index (Phi) is 9.50. The number of hydrogen-bond acceptors (Lipinski definition) is 6. The van der Waals surface area contributed by atoms with Crippen LogP contribution in [-0.2, 0) is 43.5 Å². The Morgan fingerprint density at radius 3 is 1.54 bits per heavy atom. The Bertz CT molecular complexity index is 1270. The van der Waals surface area contributed by atoms with E-state index < -0.39 is 30.6 Å². The Hall–Kier alpha value is -3.81. The maximum atomic E-state index is 13.0. The van der Waals surface area contributed by atoms with Gasteiger partial charge in [0, 0.05) is 0 Å². The summed E-state index contributed by atoms with van der Waals surface area (Å²) in [4.78, 5) is 13.0. The minimum atomic E-state index is -0.973. The van der Waals surface area contributed by atoms with Crippen LogP contribution < -0.4 is 0 Å². The molecule has 39 heavy (non-hydrogen) atoms. The summed E-state index contributed by atoms with van der Waals surface area (Å²) in [6.07, 6.45) is -2.70. The summed E-state index contributed by atoms with van der Waals surface area (Å²) in [5.74, 6) is -0.487. The second kappa shape index (κ2) is 13.8. The highest BCUT2D eigenvalue weighted by Gasteiger charge is 2.45. The molecule has 0 radical (unpaired) electrons. The lowest BCUT2D eigenvalue weighted by atomic mass is 10.0. The molecule has 5 rings (SSSR count). The van der Waals surface area contributed by atoms with Crippen LogP contribution in [0, 0.1) is 0 Å². The molecule has 0 spiro atoms. The van der Waals surface area contributed by atoms with Crippen molar-refractivity contribution in [2.75, 3.05) is 6.61 Å². The molecule has 1 aliphatic heterocycles. The van der Waals surface area contributed by atoms with Crippen LogP contribution in [0.5, 0.6) is 0 Å². The van der Waals surface area contributed by atoms with Crippen LogP contribution >= 0.6 is 0 Å². The topological polar surface area (TPSA) is 63.2 Å². The molecule has 0 bridgehead atoms. The van der Waals surface area contributed by atoms with Gasteiger partial charge in [0.05, 0.1) is 32.0 Å². The van der Waals surface area contributed by atoms with Crippen LogP contribution in [-0.4, -0.2) is 37.2 Å². The molecule has 0 N–H and O–H groups in total. The van der Waals surface area contributed by atoms with E-state index in [0.717, 1.165) is 16.7 Å². The summed E-state index contributed by atoms with van der Waals surface area (Å²) < 4.78 is 31.1. The number of hydrogen-bond donors (Lipinski definition) is 0. The summed E-state index contributed by atoms with van der Waals surface area (Å²) >= 11 is 0. The average molecular weight is 525 g/mol. The summed E-state index contributed by atoms with van der Waals surface area (Å²) in [6, 6.07) is 38.6. The van der Waals surface area contributed by atoms with Gasteiger partial charge in [-0.3, -0.25) is 0 Å². The smallest absolute Gasteiger partial charge is 0.340 e. The molecule has 4 aromatic rings. The molecule has 0 unspecified atom stereocenters. The van der Waals surface area contributed by atoms with Gasteiger partial charge in [-0.15, -0.1) is 0 Å². The van der Waals surface area contributed by atoms with E-state index in [1.54, 1.807) is 24.3 Å². The monoisotopic (exact) mass is 524 g/mol. The highest BCUT2D eigenvalue weighted by molar-refractivity contribution is 5.89. The largest absolute Gasteiger partial charge is 0.429 e. The lowest BCUT2D eigenvalue weighted by Crippen LogP contribution is -2.57. The van der Waals surface area contributed by atoms with Crippen molar-refractivity contribution in [2.45, 2.75) is 44.4 Å². The molecule has 6 heteroatoms. The van der Waals surface area contributed by atoms with Crippen molar-refractivity contribution in [1.29, 1.82) is 0 Å². The first-order valence-electron chi connectivity index (χ1n) is 13.1. The summed E-state index contributed by atoms with van der Waals surface area (Å²) in [7, 11) is 0. The van der Waals surface area contributed by atoms with E-state index in [1.165, 1.54) is 0 Å². The Morgan fingerprint density at radius 1 is 0.590 bits per heavy atom. The standard InChI is InChI=1S/C33H32O6/c34-32(28-19-11-4-12-20-28)39-33-31(37-23-27-17-9-3-10-18-27)30(36-22-26-15-7-2-8-16-26)29(24-38-33)35-21-25-13-5-1-6-14-25/h1-20,29-31,33H,21-24H2/t29-,30-,31+,33-/m0/s1. The van der Waals surface area contributed by atoms with Gasteiger partial charge >= 0.3 is 5.97 Å². The van der Waals surface area contributed by atoms with Gasteiger partial charge in [0.25, 0.3) is 0 Å². The molecule has 4 atom stereocenters. The lowest BCUT2D eigenvalue weighted by molar-refractivity contribution is -0.285. The van der Waals surface area contributed by atoms with E-state index in [1.807, 2.05) is 97.1 Å². The van der Waals surface area contributed by atoms with E-state index in [2.05, 4.69) is 0 Å². The molecular formula is C33H32O6. The zero-order valence-corrected chi connectivity index (χ0v) is 21.6. The van der Waals surface area contributed by atoms with Crippen molar-refractivity contribution in [1.82, 2.24) is 0 Å². The van der Waals surface area contributed by atoms with E-state index >= 15 is 0 Å². The van der Waals surface area contributed by atoms with Gasteiger partial charge in [0.1, 0.15) is 18.3 Å². The number of ether oxygens (including phenoxy) is 5. The number of esters is 1. The summed E-state index contributed by atoms with van der Waals surface area (Å²) in [5, 5.41) is 0. The molecular weight excluding hydrogens is 492 g/mol. The van der Waals surface area contributed by atoms with E-state index in [4.69, 9.17) is 23.7 Å². The molecule has 4 aromatic carbocycles. The molecule has 6 nitrogen and oxygen atoms in total. The van der Waals surface area contributed by atoms with Gasteiger partial charge in [-0.05, 0) is 28.8 Å². The fourth-order valence-corrected chi connectivity index (χ4v) is 4.42. The van der Waals surface area contributed by atoms with Crippen molar-refractivity contribution in [2.24, 2.45) is 0 Å². The first-order chi connectivity index (χ1) is 19.3. The van der Waals surface area contributed by atoms with Crippen molar-refractivity contribution in [3.8, 4) is 0 Å². The molecule has 0 aliphatic carbocycles. The van der Waals surface area contributed by atoms with Gasteiger partial charge in [0.2, 0.25) is 6.29 Å². The maximum absolute atomic E-state index is 13.0. The molecule has 1 heterocycles. The van der Waals surface area contributed by atoms with Gasteiger partial charge in [-0.1, -0.05) is 109 Å². The minimum absolute atomic E-state index is 0.185. The van der Waals surface area contributed by atoms with Crippen molar-refractivity contribution in [3.05, 3.63) is 144 Å². The predicted octanol–water partition coefficient (Wildman–Crippen LogP) is 5.96. The van der Waals surface area contributed by atoms with Gasteiger partial charge in [0.15, 0.2) is 0 Å². The predicted molar refractivity (Wildman–Crippen MR) is 147 cm³/mol. The molecule has 1 aliphatic rings. The summed E-state index contributed by atoms with van der Waals surface area (Å²) in [6.45, 7) is 1.22. The molecule has 0 amide bonds. The molecule has 0 aromatic heterocycles. The number of carbonyl (C=O) groups excluding carboxylic acids is 1. The number of benzene rings is 4. The Balaban J connectivity index is 1.38. The van der Waals surface area contributed by atoms with Gasteiger partial charge in [-0.25, -0.2) is 4.79 Å². The zero-order chi connectivity index (χ0) is 26.7. The number of rotatable bonds is 11. The van der Waals surface area contributed by atoms with Crippen LogP contribution in [0.2, 0.25) is 0 Å². The minimum Gasteiger partial charge on any atom is -0.429 e. The van der Waals surface area contributed by atoms with Crippen LogP contribution in [0.3, 0.4) is 0 Å². The Morgan fingerprint density at radius 2 is 1.03 bits per heavy atom. The molecule has 0 saturated carbocycles. The highest BCUT2D eigenvalue weighted by Crippen LogP contribution is 2.28. The van der Waals surface area contributed by atoms with Crippen LogP contribution in [0.25, 0.3) is 0 Å². The summed E-state index contributed by atoms with van der Waals surface area (Å²) in [5.41, 5.74) is 3.48. The molecule has 1 fully saturated rings. The SMILES string of the molecule is O=C(O[C@@H]1OC[C@H](OCc2ccccc2)[C@H](OCc2ccccc2)[C@H]1OCc1ccccc1)c1ccccc1. The molecule has 200 valence electrons. The average Bonchev–Trinajstić information content (AvgIpc) is 3.00. The van der Waals surface area contributed by atoms with Crippen molar-refractivity contribution >= 4 is 5.97 Å². The maximum Gasteiger partial charge on any atom is 0.340 e. The fourth-order valence-electron chi connectivity index (χ4n) is 4.42. The molecule has 1 saturated heterocycles. The van der Waals surface area contributed by atoms with Gasteiger partial charge < -0.3 is 23.7 Å². The van der Waals surface area contributed by atoms with Crippen LogP contribution in [0.4, 0.5) is 0 Å². The normalized spacial score (nSPS) is 20.8. The third-order valence-electron chi connectivity index (χ3n) is 6.49. The van der Waals surface area contributed by atoms with E-state index in [-0.39, 0.29) is 6.61 Å². The second-order valence-corrected chi connectivity index (χ2v) is 9.33. The second-order valence-electron chi connectivity index (χ2n) is 9.33. The lowest BCUT2D eigenvalue weighted by Gasteiger charge is -2.41. The van der Waals surface area contributed by atoms with E-state index in [0.29, 0.717) is 25.4 Å².